The number of amides is 1. The summed E-state index contributed by atoms with van der Waals surface area (Å²) in [6.45, 7) is 5.49. The van der Waals surface area contributed by atoms with Gasteiger partial charge in [0.15, 0.2) is 0 Å². The number of aryl methyl sites for hydroxylation is 1. The van der Waals surface area contributed by atoms with Crippen molar-refractivity contribution >= 4 is 15.9 Å². The third kappa shape index (κ3) is 6.78. The van der Waals surface area contributed by atoms with Crippen LogP contribution < -0.4 is 4.72 Å². The molecule has 0 unspecified atom stereocenters. The van der Waals surface area contributed by atoms with Crippen molar-refractivity contribution in [3.8, 4) is 0 Å². The van der Waals surface area contributed by atoms with Gasteiger partial charge in [-0.3, -0.25) is 4.79 Å². The molecule has 1 aromatic carbocycles. The first-order valence-corrected chi connectivity index (χ1v) is 10.9. The van der Waals surface area contributed by atoms with Crippen molar-refractivity contribution in [3.63, 3.8) is 0 Å². The first-order valence-electron chi connectivity index (χ1n) is 9.20. The molecule has 1 amide bonds. The van der Waals surface area contributed by atoms with E-state index in [1.165, 1.54) is 0 Å². The van der Waals surface area contributed by atoms with E-state index in [2.05, 4.69) is 4.72 Å². The maximum atomic E-state index is 12.7. The lowest BCUT2D eigenvalue weighted by Crippen LogP contribution is -2.48. The average Bonchev–Trinajstić information content (AvgIpc) is 3.08. The van der Waals surface area contributed by atoms with Crippen molar-refractivity contribution in [2.24, 2.45) is 5.92 Å². The average molecular weight is 367 g/mol. The molecule has 0 aromatic heterocycles. The van der Waals surface area contributed by atoms with E-state index >= 15 is 0 Å². The van der Waals surface area contributed by atoms with Crippen LogP contribution in [0.15, 0.2) is 30.3 Å². The maximum Gasteiger partial charge on any atom is 0.240 e. The van der Waals surface area contributed by atoms with Gasteiger partial charge in [-0.15, -0.1) is 0 Å². The lowest BCUT2D eigenvalue weighted by molar-refractivity contribution is -0.132. The van der Waals surface area contributed by atoms with Gasteiger partial charge >= 0.3 is 0 Å². The number of likely N-dealkylation sites (tertiary alicyclic amines) is 1. The van der Waals surface area contributed by atoms with E-state index < -0.39 is 16.1 Å². The summed E-state index contributed by atoms with van der Waals surface area (Å²) < 4.78 is 27.6. The molecule has 0 aliphatic carbocycles. The van der Waals surface area contributed by atoms with E-state index in [1.807, 2.05) is 44.2 Å². The highest BCUT2D eigenvalue weighted by atomic mass is 32.2. The Balaban J connectivity index is 1.92. The van der Waals surface area contributed by atoms with Gasteiger partial charge in [0.05, 0.1) is 5.75 Å². The lowest BCUT2D eigenvalue weighted by Gasteiger charge is -2.25. The number of nitrogens with zero attached hydrogens (tertiary/aromatic N) is 1. The van der Waals surface area contributed by atoms with Gasteiger partial charge in [0.1, 0.15) is 6.04 Å². The smallest absolute Gasteiger partial charge is 0.240 e. The molecule has 1 aliphatic heterocycles. The Morgan fingerprint density at radius 2 is 1.80 bits per heavy atom. The van der Waals surface area contributed by atoms with Gasteiger partial charge < -0.3 is 4.90 Å². The fraction of sp³-hybridized carbons (Fsp3) is 0.632. The van der Waals surface area contributed by atoms with Crippen molar-refractivity contribution in [1.29, 1.82) is 0 Å². The third-order valence-corrected chi connectivity index (χ3v) is 5.94. The number of sulfonamides is 1. The Labute approximate surface area is 151 Å². The summed E-state index contributed by atoms with van der Waals surface area (Å²) in [5.41, 5.74) is 1.13. The molecule has 1 aromatic rings. The number of rotatable bonds is 9. The molecule has 0 bridgehead atoms. The van der Waals surface area contributed by atoms with Gasteiger partial charge in [-0.2, -0.15) is 0 Å². The summed E-state index contributed by atoms with van der Waals surface area (Å²) in [5, 5.41) is 0. The Hall–Kier alpha value is -1.40. The second-order valence-electron chi connectivity index (χ2n) is 7.24. The van der Waals surface area contributed by atoms with E-state index in [0.717, 1.165) is 37.9 Å². The second-order valence-corrected chi connectivity index (χ2v) is 9.11. The minimum atomic E-state index is -3.47. The highest BCUT2D eigenvalue weighted by molar-refractivity contribution is 7.89. The molecule has 2 rings (SSSR count). The Kier molecular flexibility index (Phi) is 7.44. The molecule has 0 saturated carbocycles. The van der Waals surface area contributed by atoms with Gasteiger partial charge in [-0.25, -0.2) is 13.1 Å². The minimum absolute atomic E-state index is 0.0454. The van der Waals surface area contributed by atoms with Crippen LogP contribution in [0.25, 0.3) is 0 Å². The minimum Gasteiger partial charge on any atom is -0.341 e. The molecule has 1 heterocycles. The van der Waals surface area contributed by atoms with Crippen LogP contribution in [0.5, 0.6) is 0 Å². The van der Waals surface area contributed by atoms with Crippen LogP contribution in [0.4, 0.5) is 0 Å². The predicted octanol–water partition coefficient (Wildman–Crippen LogP) is 2.58. The second kappa shape index (κ2) is 9.34. The van der Waals surface area contributed by atoms with Crippen LogP contribution in [-0.2, 0) is 21.2 Å². The molecule has 25 heavy (non-hydrogen) atoms. The Morgan fingerprint density at radius 1 is 1.16 bits per heavy atom. The van der Waals surface area contributed by atoms with E-state index in [9.17, 15) is 13.2 Å². The van der Waals surface area contributed by atoms with Crippen LogP contribution in [-0.4, -0.2) is 44.1 Å². The van der Waals surface area contributed by atoms with Crippen LogP contribution in [0.3, 0.4) is 0 Å². The van der Waals surface area contributed by atoms with Gasteiger partial charge in [0, 0.05) is 13.1 Å². The van der Waals surface area contributed by atoms with E-state index in [4.69, 9.17) is 0 Å². The molecule has 1 saturated heterocycles. The van der Waals surface area contributed by atoms with Crippen LogP contribution >= 0.6 is 0 Å². The first-order chi connectivity index (χ1) is 11.9. The standard InChI is InChI=1S/C19H30N2O3S/c1-16(2)15-18(19(22)21-12-6-7-13-21)20-25(23,24)14-8-11-17-9-4-3-5-10-17/h3-5,9-10,16,18,20H,6-8,11-15H2,1-2H3/t18-/m0/s1. The zero-order chi connectivity index (χ0) is 18.3. The summed E-state index contributed by atoms with van der Waals surface area (Å²) in [7, 11) is -3.47. The molecule has 1 aliphatic rings. The zero-order valence-electron chi connectivity index (χ0n) is 15.3. The summed E-state index contributed by atoms with van der Waals surface area (Å²) in [4.78, 5) is 14.4. The summed E-state index contributed by atoms with van der Waals surface area (Å²) in [6.07, 6.45) is 3.81. The van der Waals surface area contributed by atoms with Crippen LogP contribution in [0.1, 0.15) is 45.1 Å². The summed E-state index contributed by atoms with van der Waals surface area (Å²) in [6, 6.07) is 9.21. The monoisotopic (exact) mass is 366 g/mol. The highest BCUT2D eigenvalue weighted by Gasteiger charge is 2.30. The van der Waals surface area contributed by atoms with E-state index in [1.54, 1.807) is 4.90 Å². The first kappa shape index (κ1) is 19.9. The molecule has 0 radical (unpaired) electrons. The number of benzene rings is 1. The number of nitrogens with one attached hydrogen (secondary N) is 1. The number of hydrogen-bond acceptors (Lipinski definition) is 3. The quantitative estimate of drug-likeness (QED) is 0.730. The maximum absolute atomic E-state index is 12.7. The van der Waals surface area contributed by atoms with Crippen molar-refractivity contribution in [2.45, 2.75) is 52.0 Å². The lowest BCUT2D eigenvalue weighted by atomic mass is 10.0. The van der Waals surface area contributed by atoms with Gasteiger partial charge in [-0.05, 0) is 43.6 Å². The van der Waals surface area contributed by atoms with E-state index in [0.29, 0.717) is 12.8 Å². The fourth-order valence-electron chi connectivity index (χ4n) is 3.22. The zero-order valence-corrected chi connectivity index (χ0v) is 16.1. The molecule has 1 fully saturated rings. The van der Waals surface area contributed by atoms with Crippen molar-refractivity contribution in [2.75, 3.05) is 18.8 Å². The number of carbonyl (C=O) groups is 1. The van der Waals surface area contributed by atoms with E-state index in [-0.39, 0.29) is 17.6 Å². The molecule has 6 heteroatoms. The topological polar surface area (TPSA) is 66.5 Å². The number of carbonyl (C=O) groups excluding carboxylic acids is 1. The molecule has 0 spiro atoms. The summed E-state index contributed by atoms with van der Waals surface area (Å²) in [5.74, 6) is 0.227. The van der Waals surface area contributed by atoms with Gasteiger partial charge in [-0.1, -0.05) is 44.2 Å². The Bertz CT molecular complexity index is 638. The molecular formula is C19H30N2O3S. The van der Waals surface area contributed by atoms with Crippen molar-refractivity contribution < 1.29 is 13.2 Å². The molecule has 1 atom stereocenters. The van der Waals surface area contributed by atoms with Crippen LogP contribution in [0, 0.1) is 5.92 Å². The van der Waals surface area contributed by atoms with Gasteiger partial charge in [0.25, 0.3) is 0 Å². The summed E-state index contributed by atoms with van der Waals surface area (Å²) >= 11 is 0. The van der Waals surface area contributed by atoms with Crippen molar-refractivity contribution in [1.82, 2.24) is 9.62 Å². The Morgan fingerprint density at radius 3 is 2.40 bits per heavy atom. The largest absolute Gasteiger partial charge is 0.341 e. The molecule has 5 nitrogen and oxygen atoms in total. The highest BCUT2D eigenvalue weighted by Crippen LogP contribution is 2.14. The SMILES string of the molecule is CC(C)C[C@H](NS(=O)(=O)CCCc1ccccc1)C(=O)N1CCCC1. The normalized spacial score (nSPS) is 16.4. The molecular weight excluding hydrogens is 336 g/mol. The molecule has 140 valence electrons. The van der Waals surface area contributed by atoms with Crippen LogP contribution in [0.2, 0.25) is 0 Å². The number of hydrogen-bond donors (Lipinski definition) is 1. The predicted molar refractivity (Wildman–Crippen MR) is 101 cm³/mol. The fourth-order valence-corrected chi connectivity index (χ4v) is 4.49. The van der Waals surface area contributed by atoms with Crippen molar-refractivity contribution in [3.05, 3.63) is 35.9 Å². The third-order valence-electron chi connectivity index (χ3n) is 4.47. The van der Waals surface area contributed by atoms with Gasteiger partial charge in [0.2, 0.25) is 15.9 Å². The molecule has 1 N–H and O–H groups in total.